The number of halogens is 3. The monoisotopic (exact) mass is 249 g/mol. The summed E-state index contributed by atoms with van der Waals surface area (Å²) in [4.78, 5) is 1.65. The molecule has 7 heteroatoms. The Morgan fingerprint density at radius 2 is 1.93 bits per heavy atom. The van der Waals surface area contributed by atoms with Gasteiger partial charge in [0.25, 0.3) is 0 Å². The van der Waals surface area contributed by atoms with Gasteiger partial charge >= 0.3 is 58.4 Å². The van der Waals surface area contributed by atoms with Gasteiger partial charge in [-0.3, -0.25) is 0 Å². The van der Waals surface area contributed by atoms with Crippen LogP contribution in [0.25, 0.3) is 0 Å². The van der Waals surface area contributed by atoms with E-state index >= 15 is 0 Å². The van der Waals surface area contributed by atoms with E-state index in [2.05, 4.69) is 6.58 Å². The fourth-order valence-electron chi connectivity index (χ4n) is 0.960. The minimum atomic E-state index is -4.91. The van der Waals surface area contributed by atoms with Gasteiger partial charge in [-0.25, -0.2) is 0 Å². The summed E-state index contributed by atoms with van der Waals surface area (Å²) < 4.78 is 41.3. The molecule has 0 amide bonds. The van der Waals surface area contributed by atoms with Gasteiger partial charge in [0.2, 0.25) is 0 Å². The average molecular weight is 249 g/mol. The average Bonchev–Trinajstić information content (AvgIpc) is 2.10. The van der Waals surface area contributed by atoms with Gasteiger partial charge in [-0.1, -0.05) is 6.92 Å². The molecular formula is C8H16BF3KNO. The number of likely N-dealkylation sites (N-methyl/N-ethyl adjacent to an activating group) is 1. The predicted octanol–water partition coefficient (Wildman–Crippen LogP) is -1.10. The smallest absolute Gasteiger partial charge is 0.445 e. The molecule has 0 aliphatic carbocycles. The van der Waals surface area contributed by atoms with Crippen molar-refractivity contribution in [3.8, 4) is 0 Å². The standard InChI is InChI=1S/C8H16BF3NO.K/c1-4-13(5-6-14-3)7-8(2)9(10,11)12;/h2,4-7H2,1,3H3;/q-1;+1. The maximum Gasteiger partial charge on any atom is 1.00 e. The molecular weight excluding hydrogens is 233 g/mol. The van der Waals surface area contributed by atoms with E-state index in [0.717, 1.165) is 0 Å². The summed E-state index contributed by atoms with van der Waals surface area (Å²) in [6.07, 6.45) is 0. The summed E-state index contributed by atoms with van der Waals surface area (Å²) in [6, 6.07) is 0. The molecule has 0 bridgehead atoms. The van der Waals surface area contributed by atoms with Gasteiger partial charge in [0, 0.05) is 13.7 Å². The molecule has 0 rings (SSSR count). The molecule has 0 radical (unpaired) electrons. The van der Waals surface area contributed by atoms with E-state index in [9.17, 15) is 12.9 Å². The number of ether oxygens (including phenoxy) is 1. The van der Waals surface area contributed by atoms with Crippen LogP contribution >= 0.6 is 0 Å². The molecule has 0 aromatic carbocycles. The normalized spacial score (nSPS) is 11.3. The van der Waals surface area contributed by atoms with Gasteiger partial charge in [0.1, 0.15) is 0 Å². The second kappa shape index (κ2) is 9.21. The van der Waals surface area contributed by atoms with Crippen LogP contribution in [0.3, 0.4) is 0 Å². The minimum absolute atomic E-state index is 0. The number of nitrogens with zero attached hydrogens (tertiary/aromatic N) is 1. The van der Waals surface area contributed by atoms with Crippen molar-refractivity contribution in [2.24, 2.45) is 0 Å². The Morgan fingerprint density at radius 3 is 2.27 bits per heavy atom. The largest absolute Gasteiger partial charge is 1.00 e. The van der Waals surface area contributed by atoms with Crippen molar-refractivity contribution in [2.45, 2.75) is 6.92 Å². The topological polar surface area (TPSA) is 12.5 Å². The fraction of sp³-hybridized carbons (Fsp3) is 0.750. The van der Waals surface area contributed by atoms with Crippen LogP contribution in [-0.4, -0.2) is 45.2 Å². The summed E-state index contributed by atoms with van der Waals surface area (Å²) in [5, 5.41) is 0. The van der Waals surface area contributed by atoms with E-state index in [1.807, 2.05) is 6.92 Å². The zero-order valence-electron chi connectivity index (χ0n) is 9.60. The second-order valence-corrected chi connectivity index (χ2v) is 3.09. The van der Waals surface area contributed by atoms with Gasteiger partial charge in [-0.2, -0.15) is 0 Å². The molecule has 0 N–H and O–H groups in total. The third kappa shape index (κ3) is 8.91. The van der Waals surface area contributed by atoms with Crippen LogP contribution in [0.2, 0.25) is 0 Å². The Balaban J connectivity index is 0. The summed E-state index contributed by atoms with van der Waals surface area (Å²) in [6.45, 7) is 1.33. The van der Waals surface area contributed by atoms with E-state index in [0.29, 0.717) is 19.7 Å². The Bertz CT molecular complexity index is 189. The zero-order valence-corrected chi connectivity index (χ0v) is 12.7. The van der Waals surface area contributed by atoms with Crippen LogP contribution in [0, 0.1) is 0 Å². The summed E-state index contributed by atoms with van der Waals surface area (Å²) in [7, 11) is 1.52. The van der Waals surface area contributed by atoms with Crippen molar-refractivity contribution in [3.63, 3.8) is 0 Å². The molecule has 0 aromatic heterocycles. The molecule has 0 aliphatic heterocycles. The van der Waals surface area contributed by atoms with Gasteiger partial charge in [-0.05, 0) is 13.1 Å². The summed E-state index contributed by atoms with van der Waals surface area (Å²) in [5.74, 6) is 0. The van der Waals surface area contributed by atoms with Crippen LogP contribution in [-0.2, 0) is 4.74 Å². The van der Waals surface area contributed by atoms with E-state index in [4.69, 9.17) is 4.74 Å². The number of methoxy groups -OCH3 is 1. The molecule has 84 valence electrons. The van der Waals surface area contributed by atoms with Crippen LogP contribution in [0.4, 0.5) is 12.9 Å². The van der Waals surface area contributed by atoms with Crippen molar-refractivity contribution < 1.29 is 69.1 Å². The number of hydrogen-bond acceptors (Lipinski definition) is 2. The number of hydrogen-bond donors (Lipinski definition) is 0. The Morgan fingerprint density at radius 1 is 1.40 bits per heavy atom. The third-order valence-corrected chi connectivity index (χ3v) is 1.95. The molecule has 0 saturated carbocycles. The molecule has 0 aliphatic rings. The first-order chi connectivity index (χ1) is 6.41. The molecule has 0 atom stereocenters. The zero-order chi connectivity index (χ0) is 11.2. The molecule has 0 unspecified atom stereocenters. The van der Waals surface area contributed by atoms with E-state index in [1.165, 1.54) is 7.11 Å². The van der Waals surface area contributed by atoms with Gasteiger partial charge in [-0.15, -0.1) is 12.1 Å². The molecule has 0 saturated heterocycles. The van der Waals surface area contributed by atoms with E-state index in [-0.39, 0.29) is 57.9 Å². The predicted molar refractivity (Wildman–Crippen MR) is 52.2 cm³/mol. The molecule has 2 nitrogen and oxygen atoms in total. The van der Waals surface area contributed by atoms with Crippen molar-refractivity contribution in [1.82, 2.24) is 4.90 Å². The SMILES string of the molecule is C=C(CN(CC)CCOC)[B-](F)(F)F.[K+]. The Labute approximate surface area is 132 Å². The van der Waals surface area contributed by atoms with Crippen LogP contribution in [0.1, 0.15) is 6.92 Å². The maximum atomic E-state index is 12.2. The molecule has 15 heavy (non-hydrogen) atoms. The van der Waals surface area contributed by atoms with Gasteiger partial charge < -0.3 is 22.6 Å². The van der Waals surface area contributed by atoms with Crippen molar-refractivity contribution in [2.75, 3.05) is 33.4 Å². The number of rotatable bonds is 7. The maximum absolute atomic E-state index is 12.2. The van der Waals surface area contributed by atoms with Crippen molar-refractivity contribution >= 4 is 6.98 Å². The quantitative estimate of drug-likeness (QED) is 0.531. The first-order valence-electron chi connectivity index (χ1n) is 4.50. The molecule has 0 fully saturated rings. The van der Waals surface area contributed by atoms with Gasteiger partial charge in [0.15, 0.2) is 0 Å². The summed E-state index contributed by atoms with van der Waals surface area (Å²) >= 11 is 0. The molecule has 0 aromatic rings. The molecule has 0 heterocycles. The van der Waals surface area contributed by atoms with Crippen LogP contribution < -0.4 is 51.4 Å². The van der Waals surface area contributed by atoms with Crippen molar-refractivity contribution in [3.05, 3.63) is 12.1 Å². The van der Waals surface area contributed by atoms with E-state index < -0.39 is 12.4 Å². The third-order valence-electron chi connectivity index (χ3n) is 1.95. The van der Waals surface area contributed by atoms with Gasteiger partial charge in [0.05, 0.1) is 6.61 Å². The first-order valence-corrected chi connectivity index (χ1v) is 4.50. The second-order valence-electron chi connectivity index (χ2n) is 3.09. The Kier molecular flexibility index (Phi) is 11.4. The minimum Gasteiger partial charge on any atom is -0.445 e. The molecule has 0 spiro atoms. The van der Waals surface area contributed by atoms with E-state index in [1.54, 1.807) is 4.90 Å². The van der Waals surface area contributed by atoms with Crippen LogP contribution in [0.15, 0.2) is 12.1 Å². The first kappa shape index (κ1) is 18.5. The van der Waals surface area contributed by atoms with Crippen molar-refractivity contribution in [1.29, 1.82) is 0 Å². The fourth-order valence-corrected chi connectivity index (χ4v) is 0.960. The Hall–Kier alpha value is 1.15. The summed E-state index contributed by atoms with van der Waals surface area (Å²) in [5.41, 5.74) is -0.650. The van der Waals surface area contributed by atoms with Crippen LogP contribution in [0.5, 0.6) is 0 Å².